The lowest BCUT2D eigenvalue weighted by atomic mass is 10.5. The number of rotatable bonds is 0. The average Bonchev–Trinajstić information content (AvgIpc) is 2.36. The summed E-state index contributed by atoms with van der Waals surface area (Å²) >= 11 is 4.71. The molecule has 0 amide bonds. The zero-order valence-electron chi connectivity index (χ0n) is 4.78. The van der Waals surface area contributed by atoms with Crippen molar-refractivity contribution in [3.05, 3.63) is 16.9 Å². The topological polar surface area (TPSA) is 38.7 Å². The summed E-state index contributed by atoms with van der Waals surface area (Å²) in [6.07, 6.45) is 3.44. The molecule has 2 aromatic rings. The van der Waals surface area contributed by atoms with Crippen molar-refractivity contribution in [2.45, 2.75) is 0 Å². The Morgan fingerprint density at radius 2 is 2.30 bits per heavy atom. The van der Waals surface area contributed by atoms with Gasteiger partial charge in [0.15, 0.2) is 0 Å². The highest BCUT2D eigenvalue weighted by atomic mass is 79.9. The Labute approximate surface area is 69.4 Å². The molecule has 50 valence electrons. The minimum absolute atomic E-state index is 0.847. The molecule has 0 N–H and O–H groups in total. The SMILES string of the molecule is Brc1cncc2nnsc12. The number of aromatic nitrogens is 3. The molecule has 0 atom stereocenters. The van der Waals surface area contributed by atoms with Gasteiger partial charge in [-0.05, 0) is 27.5 Å². The van der Waals surface area contributed by atoms with E-state index >= 15 is 0 Å². The van der Waals surface area contributed by atoms with Crippen LogP contribution in [0.2, 0.25) is 0 Å². The van der Waals surface area contributed by atoms with Gasteiger partial charge in [-0.3, -0.25) is 4.98 Å². The van der Waals surface area contributed by atoms with Gasteiger partial charge in [-0.1, -0.05) is 4.49 Å². The number of nitrogens with zero attached hydrogens (tertiary/aromatic N) is 3. The van der Waals surface area contributed by atoms with Crippen LogP contribution in [0.1, 0.15) is 0 Å². The Kier molecular flexibility index (Phi) is 1.39. The fourth-order valence-corrected chi connectivity index (χ4v) is 1.76. The first-order chi connectivity index (χ1) is 4.88. The first-order valence-corrected chi connectivity index (χ1v) is 4.16. The quantitative estimate of drug-likeness (QED) is 0.674. The summed E-state index contributed by atoms with van der Waals surface area (Å²) in [5.74, 6) is 0. The molecule has 0 aliphatic rings. The van der Waals surface area contributed by atoms with Crippen molar-refractivity contribution in [1.82, 2.24) is 14.6 Å². The number of pyridine rings is 1. The van der Waals surface area contributed by atoms with Gasteiger partial charge in [0.2, 0.25) is 0 Å². The third kappa shape index (κ3) is 0.819. The largest absolute Gasteiger partial charge is 0.261 e. The number of hydrogen-bond acceptors (Lipinski definition) is 4. The van der Waals surface area contributed by atoms with Crippen molar-refractivity contribution in [2.24, 2.45) is 0 Å². The summed E-state index contributed by atoms with van der Waals surface area (Å²) in [6.45, 7) is 0. The first kappa shape index (κ1) is 6.18. The third-order valence-electron chi connectivity index (χ3n) is 1.11. The van der Waals surface area contributed by atoms with Gasteiger partial charge in [-0.15, -0.1) is 5.10 Å². The van der Waals surface area contributed by atoms with E-state index in [4.69, 9.17) is 0 Å². The van der Waals surface area contributed by atoms with E-state index in [-0.39, 0.29) is 0 Å². The van der Waals surface area contributed by atoms with Gasteiger partial charge in [-0.2, -0.15) is 0 Å². The Morgan fingerprint density at radius 3 is 3.10 bits per heavy atom. The molecule has 0 saturated heterocycles. The van der Waals surface area contributed by atoms with Gasteiger partial charge >= 0.3 is 0 Å². The van der Waals surface area contributed by atoms with Gasteiger partial charge in [0.25, 0.3) is 0 Å². The molecule has 0 bridgehead atoms. The molecule has 3 nitrogen and oxygen atoms in total. The van der Waals surface area contributed by atoms with Crippen LogP contribution in [-0.2, 0) is 0 Å². The van der Waals surface area contributed by atoms with E-state index in [1.54, 1.807) is 12.4 Å². The van der Waals surface area contributed by atoms with Crippen molar-refractivity contribution >= 4 is 37.7 Å². The summed E-state index contributed by atoms with van der Waals surface area (Å²) in [5, 5.41) is 3.86. The highest BCUT2D eigenvalue weighted by Crippen LogP contribution is 2.23. The highest BCUT2D eigenvalue weighted by Gasteiger charge is 2.00. The van der Waals surface area contributed by atoms with Crippen molar-refractivity contribution in [3.63, 3.8) is 0 Å². The van der Waals surface area contributed by atoms with Gasteiger partial charge in [0.05, 0.1) is 15.4 Å². The van der Waals surface area contributed by atoms with Crippen LogP contribution in [0.25, 0.3) is 10.2 Å². The predicted molar refractivity (Wildman–Crippen MR) is 42.9 cm³/mol. The molecule has 0 unspecified atom stereocenters. The van der Waals surface area contributed by atoms with E-state index in [0.29, 0.717) is 0 Å². The Balaban J connectivity index is 2.95. The molecule has 2 aromatic heterocycles. The Bertz CT molecular complexity index is 358. The molecule has 0 aromatic carbocycles. The van der Waals surface area contributed by atoms with E-state index in [0.717, 1.165) is 14.7 Å². The second-order valence-electron chi connectivity index (χ2n) is 1.74. The molecular weight excluding hydrogens is 214 g/mol. The Hall–Kier alpha value is -0.550. The number of hydrogen-bond donors (Lipinski definition) is 0. The monoisotopic (exact) mass is 215 g/mol. The highest BCUT2D eigenvalue weighted by molar-refractivity contribution is 9.10. The number of halogens is 1. The van der Waals surface area contributed by atoms with Crippen LogP contribution in [0.15, 0.2) is 16.9 Å². The molecule has 2 heterocycles. The molecule has 2 rings (SSSR count). The molecule has 0 fully saturated rings. The summed E-state index contributed by atoms with van der Waals surface area (Å²) in [6, 6.07) is 0. The van der Waals surface area contributed by atoms with Crippen LogP contribution in [0.4, 0.5) is 0 Å². The normalized spacial score (nSPS) is 10.5. The summed E-state index contributed by atoms with van der Waals surface area (Å²) in [7, 11) is 0. The lowest BCUT2D eigenvalue weighted by molar-refractivity contribution is 1.18. The third-order valence-corrected chi connectivity index (χ3v) is 2.75. The Morgan fingerprint density at radius 1 is 1.40 bits per heavy atom. The fraction of sp³-hybridized carbons (Fsp3) is 0. The molecule has 0 aliphatic carbocycles. The molecule has 5 heteroatoms. The second-order valence-corrected chi connectivity index (χ2v) is 3.35. The molecule has 0 spiro atoms. The van der Waals surface area contributed by atoms with Gasteiger partial charge in [0.1, 0.15) is 5.52 Å². The summed E-state index contributed by atoms with van der Waals surface area (Å²) < 4.78 is 5.79. The molecule has 0 saturated carbocycles. The molecule has 10 heavy (non-hydrogen) atoms. The van der Waals surface area contributed by atoms with Crippen molar-refractivity contribution < 1.29 is 0 Å². The van der Waals surface area contributed by atoms with Crippen LogP contribution in [0.5, 0.6) is 0 Å². The van der Waals surface area contributed by atoms with Crippen LogP contribution in [-0.4, -0.2) is 14.6 Å². The van der Waals surface area contributed by atoms with Crippen LogP contribution in [0, 0.1) is 0 Å². The maximum absolute atomic E-state index is 3.94. The molecular formula is C5H2BrN3S. The van der Waals surface area contributed by atoms with Crippen molar-refractivity contribution in [1.29, 1.82) is 0 Å². The second kappa shape index (κ2) is 2.25. The zero-order valence-corrected chi connectivity index (χ0v) is 7.19. The fourth-order valence-electron chi connectivity index (χ4n) is 0.680. The zero-order chi connectivity index (χ0) is 6.97. The van der Waals surface area contributed by atoms with Crippen molar-refractivity contribution in [2.75, 3.05) is 0 Å². The first-order valence-electron chi connectivity index (χ1n) is 2.59. The van der Waals surface area contributed by atoms with Gasteiger partial charge in [-0.25, -0.2) is 0 Å². The minimum Gasteiger partial charge on any atom is -0.261 e. The van der Waals surface area contributed by atoms with E-state index in [1.165, 1.54) is 11.5 Å². The molecule has 0 radical (unpaired) electrons. The predicted octanol–water partition coefficient (Wildman–Crippen LogP) is 1.85. The van der Waals surface area contributed by atoms with Gasteiger partial charge in [0, 0.05) is 6.20 Å². The lowest BCUT2D eigenvalue weighted by Crippen LogP contribution is -1.72. The van der Waals surface area contributed by atoms with Crippen LogP contribution < -0.4 is 0 Å². The van der Waals surface area contributed by atoms with Crippen LogP contribution in [0.3, 0.4) is 0 Å². The maximum Gasteiger partial charge on any atom is 0.125 e. The average molecular weight is 216 g/mol. The van der Waals surface area contributed by atoms with Gasteiger partial charge < -0.3 is 0 Å². The lowest BCUT2D eigenvalue weighted by Gasteiger charge is -1.85. The summed E-state index contributed by atoms with van der Waals surface area (Å²) in [4.78, 5) is 3.94. The minimum atomic E-state index is 0.847. The van der Waals surface area contributed by atoms with Crippen LogP contribution >= 0.6 is 27.5 Å². The summed E-state index contributed by atoms with van der Waals surface area (Å²) in [5.41, 5.74) is 0.847. The van der Waals surface area contributed by atoms with E-state index in [2.05, 4.69) is 30.5 Å². The standard InChI is InChI=1S/C5H2BrN3S/c6-3-1-7-2-4-5(3)10-9-8-4/h1-2H. The maximum atomic E-state index is 3.94. The smallest absolute Gasteiger partial charge is 0.125 e. The molecule has 0 aliphatic heterocycles. The van der Waals surface area contributed by atoms with Crippen molar-refractivity contribution in [3.8, 4) is 0 Å². The van der Waals surface area contributed by atoms with E-state index < -0.39 is 0 Å². The van der Waals surface area contributed by atoms with E-state index in [9.17, 15) is 0 Å². The number of fused-ring (bicyclic) bond motifs is 1. The van der Waals surface area contributed by atoms with E-state index in [1.807, 2.05) is 0 Å².